The van der Waals surface area contributed by atoms with E-state index in [1.807, 2.05) is 30.3 Å². The van der Waals surface area contributed by atoms with E-state index < -0.39 is 19.6 Å². The topological polar surface area (TPSA) is 17.1 Å². The van der Waals surface area contributed by atoms with Crippen molar-refractivity contribution in [2.45, 2.75) is 13.4 Å². The third-order valence-corrected chi connectivity index (χ3v) is 9.29. The summed E-state index contributed by atoms with van der Waals surface area (Å²) in [5.74, 6) is 0.347. The van der Waals surface area contributed by atoms with Gasteiger partial charge in [0.25, 0.3) is 0 Å². The second kappa shape index (κ2) is 6.70. The monoisotopic (exact) mass is 432 g/mol. The molecule has 1 aliphatic heterocycles. The number of halogens is 1. The molecule has 0 amide bonds. The molecule has 2 aromatic carbocycles. The first-order chi connectivity index (χ1) is 8.83. The van der Waals surface area contributed by atoms with Crippen LogP contribution in [0, 0.1) is 0 Å². The number of rotatable bonds is 3. The summed E-state index contributed by atoms with van der Waals surface area (Å²) < 4.78 is 3.28. The second-order valence-electron chi connectivity index (χ2n) is 4.60. The standard InChI is InChI=1S/C16H15OTe.BrH/c17-16(13-6-2-1-3-7-13)12-18-10-14-8-4-5-9-15(14)11-18;/h1-9H,10-12H2;1H/q+1;/p-1. The van der Waals surface area contributed by atoms with Gasteiger partial charge >= 0.3 is 115 Å². The number of Topliss-reactive ketones (excluding diaryl/α,β-unsaturated/α-hetero) is 1. The third-order valence-electron chi connectivity index (χ3n) is 3.27. The fourth-order valence-corrected chi connectivity index (χ4v) is 8.85. The molecular weight excluding hydrogens is 416 g/mol. The molecule has 19 heavy (non-hydrogen) atoms. The normalized spacial score (nSPS) is 13.7. The van der Waals surface area contributed by atoms with Gasteiger partial charge < -0.3 is 17.0 Å². The molecule has 3 rings (SSSR count). The van der Waals surface area contributed by atoms with Crippen LogP contribution in [-0.4, -0.2) is 25.3 Å². The Balaban J connectivity index is 0.00000133. The van der Waals surface area contributed by atoms with Gasteiger partial charge in [0, 0.05) is 0 Å². The molecule has 0 atom stereocenters. The average molecular weight is 431 g/mol. The van der Waals surface area contributed by atoms with Gasteiger partial charge in [-0.05, 0) is 0 Å². The van der Waals surface area contributed by atoms with E-state index in [0.29, 0.717) is 5.78 Å². The average Bonchev–Trinajstić information content (AvgIpc) is 2.82. The van der Waals surface area contributed by atoms with E-state index in [2.05, 4.69) is 24.3 Å². The molecule has 0 bridgehead atoms. The van der Waals surface area contributed by atoms with Crippen LogP contribution in [-0.2, 0) is 8.94 Å². The summed E-state index contributed by atoms with van der Waals surface area (Å²) in [7, 11) is 0. The zero-order chi connectivity index (χ0) is 12.4. The van der Waals surface area contributed by atoms with E-state index in [4.69, 9.17) is 0 Å². The van der Waals surface area contributed by atoms with Gasteiger partial charge in [0.2, 0.25) is 0 Å². The van der Waals surface area contributed by atoms with Crippen molar-refractivity contribution in [1.82, 2.24) is 0 Å². The van der Waals surface area contributed by atoms with Gasteiger partial charge in [-0.3, -0.25) is 0 Å². The molecule has 3 heteroatoms. The Morgan fingerprint density at radius 3 is 2.00 bits per heavy atom. The summed E-state index contributed by atoms with van der Waals surface area (Å²) in [6.07, 6.45) is 0. The number of carbonyl (C=O) groups is 1. The molecule has 98 valence electrons. The van der Waals surface area contributed by atoms with Crippen molar-refractivity contribution in [3.63, 3.8) is 0 Å². The maximum absolute atomic E-state index is 12.2. The summed E-state index contributed by atoms with van der Waals surface area (Å²) in [5, 5.41) is 0. The summed E-state index contributed by atoms with van der Waals surface area (Å²) in [6, 6.07) is 18.4. The maximum Gasteiger partial charge on any atom is -1.00 e. The Hall–Kier alpha value is -0.620. The molecule has 0 saturated heterocycles. The van der Waals surface area contributed by atoms with Crippen LogP contribution in [0.4, 0.5) is 0 Å². The van der Waals surface area contributed by atoms with Gasteiger partial charge in [0.05, 0.1) is 0 Å². The molecule has 0 fully saturated rings. The number of carbonyl (C=O) groups excluding carboxylic acids is 1. The molecule has 0 unspecified atom stereocenters. The number of hydrogen-bond donors (Lipinski definition) is 0. The number of benzene rings is 2. The molecular formula is C16H15BrOTe. The Morgan fingerprint density at radius 2 is 1.42 bits per heavy atom. The molecule has 0 saturated carbocycles. The van der Waals surface area contributed by atoms with Crippen LogP contribution >= 0.6 is 0 Å². The number of ketones is 1. The van der Waals surface area contributed by atoms with E-state index in [-0.39, 0.29) is 17.0 Å². The molecule has 1 heterocycles. The van der Waals surface area contributed by atoms with Gasteiger partial charge in [-0.1, -0.05) is 0 Å². The van der Waals surface area contributed by atoms with Crippen molar-refractivity contribution >= 4 is 25.3 Å². The summed E-state index contributed by atoms with van der Waals surface area (Å²) in [5.41, 5.74) is 3.87. The SMILES string of the molecule is O=C(C[Te+]1Cc2ccccc2C1)c1ccccc1.[Br-]. The number of hydrogen-bond acceptors (Lipinski definition) is 1. The van der Waals surface area contributed by atoms with E-state index in [1.54, 1.807) is 0 Å². The predicted molar refractivity (Wildman–Crippen MR) is 75.2 cm³/mol. The van der Waals surface area contributed by atoms with Gasteiger partial charge in [0.15, 0.2) is 0 Å². The molecule has 0 radical (unpaired) electrons. The first kappa shape index (κ1) is 14.8. The molecule has 1 aliphatic rings. The van der Waals surface area contributed by atoms with Crippen molar-refractivity contribution in [3.05, 3.63) is 71.3 Å². The first-order valence-corrected chi connectivity index (χ1v) is 11.1. The van der Waals surface area contributed by atoms with Crippen LogP contribution in [0.2, 0.25) is 4.47 Å². The van der Waals surface area contributed by atoms with E-state index in [9.17, 15) is 4.79 Å². The van der Waals surface area contributed by atoms with Gasteiger partial charge in [-0.25, -0.2) is 0 Å². The van der Waals surface area contributed by atoms with E-state index in [1.165, 1.54) is 20.1 Å². The van der Waals surface area contributed by atoms with Crippen LogP contribution < -0.4 is 17.0 Å². The number of fused-ring (bicyclic) bond motifs is 1. The van der Waals surface area contributed by atoms with Crippen LogP contribution in [0.1, 0.15) is 21.5 Å². The Kier molecular flexibility index (Phi) is 5.21. The zero-order valence-corrected chi connectivity index (χ0v) is 14.4. The Labute approximate surface area is 131 Å². The minimum Gasteiger partial charge on any atom is -1.00 e. The first-order valence-electron chi connectivity index (χ1n) is 6.12. The molecule has 0 aromatic heterocycles. The Morgan fingerprint density at radius 1 is 0.895 bits per heavy atom. The molecule has 0 spiro atoms. The van der Waals surface area contributed by atoms with E-state index >= 15 is 0 Å². The summed E-state index contributed by atoms with van der Waals surface area (Å²) >= 11 is -1.27. The van der Waals surface area contributed by atoms with Crippen molar-refractivity contribution in [2.24, 2.45) is 0 Å². The van der Waals surface area contributed by atoms with Gasteiger partial charge in [-0.2, -0.15) is 0 Å². The zero-order valence-electron chi connectivity index (χ0n) is 10.5. The van der Waals surface area contributed by atoms with Crippen LogP contribution in [0.15, 0.2) is 54.6 Å². The second-order valence-corrected chi connectivity index (χ2v) is 10.6. The molecule has 1 nitrogen and oxygen atoms in total. The largest absolute Gasteiger partial charge is 1.00 e. The van der Waals surface area contributed by atoms with Crippen molar-refractivity contribution in [3.8, 4) is 0 Å². The maximum atomic E-state index is 12.2. The fraction of sp³-hybridized carbons (Fsp3) is 0.188. The quantitative estimate of drug-likeness (QED) is 0.504. The predicted octanol–water partition coefficient (Wildman–Crippen LogP) is 0.245. The van der Waals surface area contributed by atoms with Crippen LogP contribution in [0.25, 0.3) is 0 Å². The molecule has 2 aromatic rings. The minimum atomic E-state index is -1.27. The summed E-state index contributed by atoms with van der Waals surface area (Å²) in [6.45, 7) is 0. The van der Waals surface area contributed by atoms with Crippen molar-refractivity contribution in [2.75, 3.05) is 0 Å². The molecule has 0 aliphatic carbocycles. The smallest absolute Gasteiger partial charge is 1.00 e. The third kappa shape index (κ3) is 3.48. The van der Waals surface area contributed by atoms with E-state index in [0.717, 1.165) is 10.0 Å². The summed E-state index contributed by atoms with van der Waals surface area (Å²) in [4.78, 5) is 12.2. The molecule has 0 N–H and O–H groups in total. The van der Waals surface area contributed by atoms with Crippen LogP contribution in [0.3, 0.4) is 0 Å². The Bertz CT molecular complexity index is 543. The minimum absolute atomic E-state index is 0. The van der Waals surface area contributed by atoms with Crippen molar-refractivity contribution in [1.29, 1.82) is 0 Å². The van der Waals surface area contributed by atoms with Gasteiger partial charge in [0.1, 0.15) is 0 Å². The van der Waals surface area contributed by atoms with Crippen LogP contribution in [0.5, 0.6) is 0 Å². The van der Waals surface area contributed by atoms with Gasteiger partial charge in [-0.15, -0.1) is 0 Å². The van der Waals surface area contributed by atoms with Crippen molar-refractivity contribution < 1.29 is 21.8 Å². The fourth-order valence-electron chi connectivity index (χ4n) is 2.32.